The Morgan fingerprint density at radius 2 is 2.54 bits per heavy atom. The van der Waals surface area contributed by atoms with Crippen LogP contribution in [0.15, 0.2) is 11.4 Å². The van der Waals surface area contributed by atoms with Crippen LogP contribution in [0, 0.1) is 11.3 Å². The van der Waals surface area contributed by atoms with E-state index in [-0.39, 0.29) is 0 Å². The van der Waals surface area contributed by atoms with Crippen molar-refractivity contribution in [2.24, 2.45) is 0 Å². The van der Waals surface area contributed by atoms with Gasteiger partial charge in [-0.05, 0) is 6.07 Å². The normalized spacial score (nSPS) is 16.5. The van der Waals surface area contributed by atoms with Gasteiger partial charge in [-0.25, -0.2) is 0 Å². The van der Waals surface area contributed by atoms with E-state index < -0.39 is 0 Å². The van der Waals surface area contributed by atoms with Crippen LogP contribution < -0.4 is 5.32 Å². The Balaban J connectivity index is 1.83. The molecule has 2 rings (SSSR count). The van der Waals surface area contributed by atoms with Crippen LogP contribution in [0.1, 0.15) is 10.4 Å². The molecule has 0 bridgehead atoms. The molecule has 1 aliphatic heterocycles. The summed E-state index contributed by atoms with van der Waals surface area (Å²) in [7, 11) is 0. The fourth-order valence-corrected chi connectivity index (χ4v) is 1.89. The summed E-state index contributed by atoms with van der Waals surface area (Å²) >= 11 is 1.62. The van der Waals surface area contributed by atoms with Crippen molar-refractivity contribution in [1.29, 1.82) is 5.26 Å². The van der Waals surface area contributed by atoms with Crippen LogP contribution in [0.4, 0.5) is 0 Å². The van der Waals surface area contributed by atoms with Crippen LogP contribution >= 0.6 is 11.3 Å². The number of nitrogens with zero attached hydrogens (tertiary/aromatic N) is 1. The van der Waals surface area contributed by atoms with Gasteiger partial charge in [-0.2, -0.15) is 5.26 Å². The van der Waals surface area contributed by atoms with E-state index >= 15 is 0 Å². The first-order valence-corrected chi connectivity index (χ1v) is 5.05. The fraction of sp³-hybridized carbons (Fsp3) is 0.444. The van der Waals surface area contributed by atoms with E-state index in [0.717, 1.165) is 25.3 Å². The molecule has 1 saturated heterocycles. The predicted octanol–water partition coefficient (Wildman–Crippen LogP) is 1.11. The zero-order valence-corrected chi connectivity index (χ0v) is 7.93. The summed E-state index contributed by atoms with van der Waals surface area (Å²) in [6, 6.07) is 4.56. The van der Waals surface area contributed by atoms with Gasteiger partial charge in [0.2, 0.25) is 0 Å². The van der Waals surface area contributed by atoms with Gasteiger partial charge in [-0.1, -0.05) is 0 Å². The van der Waals surface area contributed by atoms with Gasteiger partial charge in [0.05, 0.1) is 24.8 Å². The first-order chi connectivity index (χ1) is 6.38. The van der Waals surface area contributed by atoms with Crippen molar-refractivity contribution >= 4 is 11.3 Å². The summed E-state index contributed by atoms with van der Waals surface area (Å²) in [6.45, 7) is 2.48. The molecule has 13 heavy (non-hydrogen) atoms. The van der Waals surface area contributed by atoms with Gasteiger partial charge >= 0.3 is 0 Å². The van der Waals surface area contributed by atoms with Crippen molar-refractivity contribution < 1.29 is 4.74 Å². The highest BCUT2D eigenvalue weighted by atomic mass is 32.1. The molecule has 4 heteroatoms. The molecule has 1 N–H and O–H groups in total. The third-order valence-electron chi connectivity index (χ3n) is 1.99. The SMILES string of the molecule is N#Cc1csc(CNC2COC2)c1. The number of thiophene rings is 1. The van der Waals surface area contributed by atoms with Gasteiger partial charge in [0.1, 0.15) is 6.07 Å². The van der Waals surface area contributed by atoms with E-state index in [4.69, 9.17) is 10.00 Å². The van der Waals surface area contributed by atoms with Crippen molar-refractivity contribution in [3.63, 3.8) is 0 Å². The maximum atomic E-state index is 8.60. The Morgan fingerprint density at radius 1 is 1.69 bits per heavy atom. The molecular formula is C9H10N2OS. The molecular weight excluding hydrogens is 184 g/mol. The standard InChI is InChI=1S/C9H10N2OS/c10-2-7-1-9(13-6-7)3-11-8-4-12-5-8/h1,6,8,11H,3-5H2. The fourth-order valence-electron chi connectivity index (χ4n) is 1.13. The topological polar surface area (TPSA) is 45.0 Å². The molecule has 0 aliphatic carbocycles. The molecule has 0 spiro atoms. The summed E-state index contributed by atoms with van der Waals surface area (Å²) in [5, 5.41) is 13.8. The molecule has 0 radical (unpaired) electrons. The molecule has 0 saturated carbocycles. The highest BCUT2D eigenvalue weighted by molar-refractivity contribution is 7.10. The Labute approximate surface area is 80.9 Å². The van der Waals surface area contributed by atoms with Gasteiger partial charge in [0.25, 0.3) is 0 Å². The number of rotatable bonds is 3. The quantitative estimate of drug-likeness (QED) is 0.784. The maximum absolute atomic E-state index is 8.60. The van der Waals surface area contributed by atoms with Gasteiger partial charge < -0.3 is 10.1 Å². The van der Waals surface area contributed by atoms with Gasteiger partial charge in [0, 0.05) is 16.8 Å². The molecule has 0 atom stereocenters. The van der Waals surface area contributed by atoms with Crippen LogP contribution in [0.25, 0.3) is 0 Å². The average Bonchev–Trinajstić information content (AvgIpc) is 2.49. The summed E-state index contributed by atoms with van der Waals surface area (Å²) < 4.78 is 5.04. The smallest absolute Gasteiger partial charge is 0.100 e. The lowest BCUT2D eigenvalue weighted by atomic mass is 10.2. The van der Waals surface area contributed by atoms with Gasteiger partial charge in [-0.3, -0.25) is 0 Å². The predicted molar refractivity (Wildman–Crippen MR) is 50.5 cm³/mol. The van der Waals surface area contributed by atoms with Crippen molar-refractivity contribution in [2.75, 3.05) is 13.2 Å². The first kappa shape index (κ1) is 8.70. The van der Waals surface area contributed by atoms with Crippen LogP contribution in [0.2, 0.25) is 0 Å². The van der Waals surface area contributed by atoms with Crippen molar-refractivity contribution in [1.82, 2.24) is 5.32 Å². The van der Waals surface area contributed by atoms with Crippen molar-refractivity contribution in [3.8, 4) is 6.07 Å². The van der Waals surface area contributed by atoms with Crippen LogP contribution in [0.3, 0.4) is 0 Å². The molecule has 1 fully saturated rings. The molecule has 0 aromatic carbocycles. The molecule has 1 aliphatic rings. The molecule has 1 aromatic heterocycles. The maximum Gasteiger partial charge on any atom is 0.100 e. The van der Waals surface area contributed by atoms with E-state index in [2.05, 4.69) is 11.4 Å². The van der Waals surface area contributed by atoms with Crippen molar-refractivity contribution in [2.45, 2.75) is 12.6 Å². The molecule has 0 amide bonds. The van der Waals surface area contributed by atoms with E-state index in [1.807, 2.05) is 11.4 Å². The Morgan fingerprint density at radius 3 is 3.08 bits per heavy atom. The minimum atomic E-state index is 0.507. The zero-order chi connectivity index (χ0) is 9.10. The largest absolute Gasteiger partial charge is 0.378 e. The Hall–Kier alpha value is -0.890. The number of nitriles is 1. The lowest BCUT2D eigenvalue weighted by Crippen LogP contribution is -2.45. The van der Waals surface area contributed by atoms with Crippen LogP contribution in [-0.4, -0.2) is 19.3 Å². The Bertz CT molecular complexity index is 325. The minimum absolute atomic E-state index is 0.507. The highest BCUT2D eigenvalue weighted by Gasteiger charge is 2.17. The molecule has 68 valence electrons. The second kappa shape index (κ2) is 3.88. The molecule has 2 heterocycles. The number of hydrogen-bond acceptors (Lipinski definition) is 4. The van der Waals surface area contributed by atoms with E-state index in [0.29, 0.717) is 6.04 Å². The molecule has 3 nitrogen and oxygen atoms in total. The summed E-state index contributed by atoms with van der Waals surface area (Å²) in [4.78, 5) is 1.21. The van der Waals surface area contributed by atoms with Crippen LogP contribution in [0.5, 0.6) is 0 Å². The Kier molecular flexibility index (Phi) is 2.60. The first-order valence-electron chi connectivity index (χ1n) is 4.17. The third kappa shape index (κ3) is 2.07. The summed E-state index contributed by atoms with van der Waals surface area (Å²) in [6.07, 6.45) is 0. The number of nitrogens with one attached hydrogen (secondary N) is 1. The van der Waals surface area contributed by atoms with E-state index in [1.54, 1.807) is 11.3 Å². The lowest BCUT2D eigenvalue weighted by molar-refractivity contribution is -0.00567. The van der Waals surface area contributed by atoms with Crippen molar-refractivity contribution in [3.05, 3.63) is 21.9 Å². The second-order valence-electron chi connectivity index (χ2n) is 3.03. The van der Waals surface area contributed by atoms with E-state index in [1.165, 1.54) is 4.88 Å². The van der Waals surface area contributed by atoms with Gasteiger partial charge in [0.15, 0.2) is 0 Å². The van der Waals surface area contributed by atoms with Crippen LogP contribution in [-0.2, 0) is 11.3 Å². The minimum Gasteiger partial charge on any atom is -0.378 e. The second-order valence-corrected chi connectivity index (χ2v) is 4.02. The summed E-state index contributed by atoms with van der Waals surface area (Å²) in [5.41, 5.74) is 0.756. The number of hydrogen-bond donors (Lipinski definition) is 1. The molecule has 1 aromatic rings. The third-order valence-corrected chi connectivity index (χ3v) is 2.92. The lowest BCUT2D eigenvalue weighted by Gasteiger charge is -2.26. The zero-order valence-electron chi connectivity index (χ0n) is 7.12. The number of ether oxygens (including phenoxy) is 1. The van der Waals surface area contributed by atoms with E-state index in [9.17, 15) is 0 Å². The monoisotopic (exact) mass is 194 g/mol. The molecule has 0 unspecified atom stereocenters. The summed E-state index contributed by atoms with van der Waals surface area (Å²) in [5.74, 6) is 0. The van der Waals surface area contributed by atoms with Gasteiger partial charge in [-0.15, -0.1) is 11.3 Å². The average molecular weight is 194 g/mol. The highest BCUT2D eigenvalue weighted by Crippen LogP contribution is 2.14.